The number of fused-ring (bicyclic) bond motifs is 1. The van der Waals surface area contributed by atoms with E-state index in [9.17, 15) is 13.2 Å². The summed E-state index contributed by atoms with van der Waals surface area (Å²) in [5.74, 6) is 0.189. The minimum atomic E-state index is -3.91. The first-order valence-corrected chi connectivity index (χ1v) is 23.1. The molecule has 0 aliphatic carbocycles. The van der Waals surface area contributed by atoms with Crippen LogP contribution in [0, 0.1) is 12.3 Å². The van der Waals surface area contributed by atoms with Gasteiger partial charge in [-0.1, -0.05) is 0 Å². The van der Waals surface area contributed by atoms with Crippen molar-refractivity contribution in [3.8, 4) is 0 Å². The van der Waals surface area contributed by atoms with Crippen LogP contribution < -0.4 is 0 Å². The number of aryl methyl sites for hydroxylation is 1. The van der Waals surface area contributed by atoms with Gasteiger partial charge in [0, 0.05) is 0 Å². The molecule has 0 radical (unpaired) electrons. The first-order chi connectivity index (χ1) is 17.9. The normalized spacial score (nSPS) is 23.3. The Hall–Kier alpha value is -1.58. The van der Waals surface area contributed by atoms with E-state index in [1.54, 1.807) is 24.5 Å². The quantitative estimate of drug-likeness (QED) is 0.202. The summed E-state index contributed by atoms with van der Waals surface area (Å²) >= 11 is -2.99. The van der Waals surface area contributed by atoms with Gasteiger partial charge in [0.1, 0.15) is 0 Å². The molecular weight excluding hydrogens is 605 g/mol. The molecule has 0 unspecified atom stereocenters. The van der Waals surface area contributed by atoms with E-state index in [1.165, 1.54) is 13.2 Å². The van der Waals surface area contributed by atoms with Crippen molar-refractivity contribution in [1.29, 1.82) is 0 Å². The van der Waals surface area contributed by atoms with Gasteiger partial charge in [0.15, 0.2) is 0 Å². The molecule has 2 aliphatic heterocycles. The van der Waals surface area contributed by atoms with Crippen molar-refractivity contribution in [3.05, 3.63) is 63.7 Å². The van der Waals surface area contributed by atoms with E-state index in [1.807, 2.05) is 45.9 Å². The second-order valence-corrected chi connectivity index (χ2v) is 26.5. The number of unbranched alkanes of at least 4 members (excludes halogenated alkanes) is 2. The number of nitrogens with zero attached hydrogens (tertiary/aromatic N) is 1. The number of hydrogen-bond acceptors (Lipinski definition) is 5. The Morgan fingerprint density at radius 2 is 1.74 bits per heavy atom. The summed E-state index contributed by atoms with van der Waals surface area (Å²) in [7, 11) is -3.91. The van der Waals surface area contributed by atoms with Gasteiger partial charge in [0.05, 0.1) is 0 Å². The average Bonchev–Trinajstić information content (AvgIpc) is 3.54. The van der Waals surface area contributed by atoms with Gasteiger partial charge in [-0.15, -0.1) is 0 Å². The average molecular weight is 648 g/mol. The van der Waals surface area contributed by atoms with Crippen LogP contribution in [0.4, 0.5) is 0 Å². The van der Waals surface area contributed by atoms with Gasteiger partial charge >= 0.3 is 234 Å². The van der Waals surface area contributed by atoms with Crippen LogP contribution in [0.25, 0.3) is 0 Å². The fourth-order valence-electron chi connectivity index (χ4n) is 6.27. The molecule has 2 aromatic rings. The Balaban J connectivity index is 1.91. The molecule has 0 amide bonds. The summed E-state index contributed by atoms with van der Waals surface area (Å²) in [6, 6.07) is 9.74. The van der Waals surface area contributed by atoms with Gasteiger partial charge < -0.3 is 0 Å². The van der Waals surface area contributed by atoms with Crippen LogP contribution in [-0.4, -0.2) is 49.2 Å². The van der Waals surface area contributed by atoms with E-state index in [2.05, 4.69) is 17.9 Å². The van der Waals surface area contributed by atoms with Crippen molar-refractivity contribution in [3.63, 3.8) is 0 Å². The predicted molar refractivity (Wildman–Crippen MR) is 153 cm³/mol. The SMILES string of the molecule is CCC[CH2][Sn]1([CH2]CCC)[CH]=C2CN(S(=O)(=O)c3ccc(C)cc3)[C@@H](c3ccco3)[C@@]2(C(=O)OC(C)(C)C)[CH2]1. The summed E-state index contributed by atoms with van der Waals surface area (Å²) in [5.41, 5.74) is 0.178. The molecule has 3 heterocycles. The fraction of sp³-hybridized carbons (Fsp3) is 0.567. The van der Waals surface area contributed by atoms with E-state index in [0.717, 1.165) is 41.3 Å². The summed E-state index contributed by atoms with van der Waals surface area (Å²) in [6.45, 7) is 12.2. The van der Waals surface area contributed by atoms with Crippen molar-refractivity contribution in [2.75, 3.05) is 6.54 Å². The molecule has 38 heavy (non-hydrogen) atoms. The van der Waals surface area contributed by atoms with Crippen molar-refractivity contribution in [2.24, 2.45) is 5.41 Å². The van der Waals surface area contributed by atoms with Crippen LogP contribution in [0.5, 0.6) is 0 Å². The van der Waals surface area contributed by atoms with Crippen molar-refractivity contribution >= 4 is 34.4 Å². The first-order valence-electron chi connectivity index (χ1n) is 14.0. The van der Waals surface area contributed by atoms with Crippen LogP contribution in [0.1, 0.15) is 77.7 Å². The topological polar surface area (TPSA) is 76.8 Å². The standard InChI is InChI=1S/C22H25NO5S.2C4H9.Sn/c1-15-9-11-17(12-10-15)29(25,26)23-14-16(2)22(6,20(24)28-21(3,4)5)19(23)18-8-7-13-27-18;2*1-3-4-2;/h2,7-13,19H,6,14H2,1,3-5H3;2*1,3-4H2,2H3;/t19-,22+;;;/m0.../s1. The Labute approximate surface area is 232 Å². The van der Waals surface area contributed by atoms with E-state index < -0.39 is 45.5 Å². The molecular formula is C30H43NO5SSn. The summed E-state index contributed by atoms with van der Waals surface area (Å²) in [6.07, 6.45) is 6.08. The molecule has 8 heteroatoms. The maximum absolute atomic E-state index is 14.4. The number of carbonyl (C=O) groups excluding carboxylic acids is 1. The van der Waals surface area contributed by atoms with Gasteiger partial charge in [-0.25, -0.2) is 0 Å². The Kier molecular flexibility index (Phi) is 8.61. The van der Waals surface area contributed by atoms with Crippen molar-refractivity contribution in [1.82, 2.24) is 4.31 Å². The predicted octanol–water partition coefficient (Wildman–Crippen LogP) is 7.19. The zero-order chi connectivity index (χ0) is 27.8. The summed E-state index contributed by atoms with van der Waals surface area (Å²) < 4.78 is 47.4. The number of rotatable bonds is 10. The number of ether oxygens (including phenoxy) is 1. The Bertz CT molecular complexity index is 1250. The van der Waals surface area contributed by atoms with Crippen LogP contribution in [0.2, 0.25) is 13.3 Å². The first kappa shape index (κ1) is 29.4. The van der Waals surface area contributed by atoms with Crippen LogP contribution in [-0.2, 0) is 19.6 Å². The van der Waals surface area contributed by atoms with Gasteiger partial charge in [-0.2, -0.15) is 0 Å². The number of hydrogen-bond donors (Lipinski definition) is 0. The zero-order valence-electron chi connectivity index (χ0n) is 23.7. The van der Waals surface area contributed by atoms with Gasteiger partial charge in [-0.3, -0.25) is 0 Å². The molecule has 0 saturated carbocycles. The second-order valence-electron chi connectivity index (χ2n) is 12.2. The monoisotopic (exact) mass is 649 g/mol. The molecule has 4 rings (SSSR count). The van der Waals surface area contributed by atoms with E-state index in [-0.39, 0.29) is 17.4 Å². The van der Waals surface area contributed by atoms with E-state index in [4.69, 9.17) is 9.15 Å². The fourth-order valence-corrected chi connectivity index (χ4v) is 24.7. The molecule has 1 aromatic heterocycles. The Morgan fingerprint density at radius 1 is 1.11 bits per heavy atom. The number of sulfonamides is 1. The van der Waals surface area contributed by atoms with Crippen LogP contribution in [0.15, 0.2) is 61.6 Å². The van der Waals surface area contributed by atoms with Crippen LogP contribution in [0.3, 0.4) is 0 Å². The third kappa shape index (κ3) is 5.52. The number of benzene rings is 1. The van der Waals surface area contributed by atoms with Gasteiger partial charge in [0.2, 0.25) is 0 Å². The van der Waals surface area contributed by atoms with Gasteiger partial charge in [0.25, 0.3) is 0 Å². The molecule has 1 fully saturated rings. The molecule has 0 spiro atoms. The maximum atomic E-state index is 14.4. The Morgan fingerprint density at radius 3 is 2.26 bits per heavy atom. The van der Waals surface area contributed by atoms with E-state index in [0.29, 0.717) is 5.76 Å². The van der Waals surface area contributed by atoms with Gasteiger partial charge in [-0.05, 0) is 0 Å². The molecule has 0 bridgehead atoms. The van der Waals surface area contributed by atoms with Crippen molar-refractivity contribution < 1.29 is 22.4 Å². The molecule has 6 nitrogen and oxygen atoms in total. The zero-order valence-corrected chi connectivity index (χ0v) is 27.4. The van der Waals surface area contributed by atoms with Crippen LogP contribution >= 0.6 is 0 Å². The summed E-state index contributed by atoms with van der Waals surface area (Å²) in [4.78, 5) is 14.6. The number of carbonyl (C=O) groups is 1. The number of esters is 1. The molecule has 0 N–H and O–H groups in total. The summed E-state index contributed by atoms with van der Waals surface area (Å²) in [5, 5.41) is 0. The number of furan rings is 1. The second kappa shape index (κ2) is 11.1. The third-order valence-electron chi connectivity index (χ3n) is 8.03. The van der Waals surface area contributed by atoms with E-state index >= 15 is 0 Å². The molecule has 2 aliphatic rings. The minimum absolute atomic E-state index is 0.192. The molecule has 2 atom stereocenters. The van der Waals surface area contributed by atoms with Crippen molar-refractivity contribution in [2.45, 2.75) is 97.1 Å². The molecule has 208 valence electrons. The molecule has 1 saturated heterocycles. The molecule has 1 aromatic carbocycles. The third-order valence-corrected chi connectivity index (χ3v) is 23.9.